The summed E-state index contributed by atoms with van der Waals surface area (Å²) in [5.41, 5.74) is 0. The lowest BCUT2D eigenvalue weighted by molar-refractivity contribution is -0.105. The predicted molar refractivity (Wildman–Crippen MR) is 37.3 cm³/mol. The second kappa shape index (κ2) is 2.65. The molecule has 0 bridgehead atoms. The van der Waals surface area contributed by atoms with Crippen molar-refractivity contribution < 1.29 is 25.2 Å². The van der Waals surface area contributed by atoms with Gasteiger partial charge in [0.05, 0.1) is 18.8 Å². The molecule has 0 amide bonds. The van der Waals surface area contributed by atoms with Crippen molar-refractivity contribution in [3.63, 3.8) is 0 Å². The summed E-state index contributed by atoms with van der Waals surface area (Å²) in [5, 5.41) is 36.7. The zero-order valence-electron chi connectivity index (χ0n) is 6.37. The maximum atomic E-state index is 9.35. The smallest absolute Gasteiger partial charge is 0.113 e. The molecule has 4 N–H and O–H groups in total. The molecule has 5 heteroatoms. The first-order chi connectivity index (χ1) is 5.66. The molecule has 0 aromatic carbocycles. The van der Waals surface area contributed by atoms with E-state index in [9.17, 15) is 15.3 Å². The average Bonchev–Trinajstić information content (AvgIpc) is 2.81. The number of rotatable bonds is 1. The molecule has 0 spiro atoms. The Labute approximate surface area is 69.2 Å². The molecular weight excluding hydrogens is 164 g/mol. The van der Waals surface area contributed by atoms with Crippen LogP contribution in [0.1, 0.15) is 0 Å². The maximum absolute atomic E-state index is 9.35. The van der Waals surface area contributed by atoms with Gasteiger partial charge in [-0.05, 0) is 0 Å². The summed E-state index contributed by atoms with van der Waals surface area (Å²) < 4.78 is 5.00. The molecule has 12 heavy (non-hydrogen) atoms. The molecule has 0 aromatic heterocycles. The quantitative estimate of drug-likeness (QED) is 0.330. The molecule has 2 rings (SSSR count). The molecule has 1 aliphatic carbocycles. The minimum absolute atomic E-state index is 0.230. The maximum Gasteiger partial charge on any atom is 0.113 e. The highest BCUT2D eigenvalue weighted by Gasteiger charge is 2.59. The SMILES string of the molecule is OCC1C(O)C(O)C(O)[C@@H]2OC12. The van der Waals surface area contributed by atoms with E-state index in [0.717, 1.165) is 0 Å². The second-order valence-corrected chi connectivity index (χ2v) is 3.38. The lowest BCUT2D eigenvalue weighted by atomic mass is 9.83. The second-order valence-electron chi connectivity index (χ2n) is 3.38. The number of hydrogen-bond acceptors (Lipinski definition) is 5. The molecule has 1 heterocycles. The normalized spacial score (nSPS) is 58.0. The molecule has 2 aliphatic rings. The Morgan fingerprint density at radius 3 is 2.17 bits per heavy atom. The van der Waals surface area contributed by atoms with Crippen LogP contribution in [-0.2, 0) is 4.74 Å². The monoisotopic (exact) mass is 176 g/mol. The van der Waals surface area contributed by atoms with E-state index in [1.807, 2.05) is 0 Å². The van der Waals surface area contributed by atoms with E-state index in [2.05, 4.69) is 0 Å². The Hall–Kier alpha value is -0.200. The number of fused-ring (bicyclic) bond motifs is 1. The fraction of sp³-hybridized carbons (Fsp3) is 1.00. The Morgan fingerprint density at radius 2 is 1.58 bits per heavy atom. The van der Waals surface area contributed by atoms with Gasteiger partial charge in [-0.2, -0.15) is 0 Å². The molecule has 1 saturated carbocycles. The first-order valence-corrected chi connectivity index (χ1v) is 3.97. The summed E-state index contributed by atoms with van der Waals surface area (Å²) in [6.07, 6.45) is -4.00. The van der Waals surface area contributed by atoms with Crippen LogP contribution in [0.25, 0.3) is 0 Å². The van der Waals surface area contributed by atoms with Crippen LogP contribution in [0.2, 0.25) is 0 Å². The van der Waals surface area contributed by atoms with Crippen molar-refractivity contribution in [2.75, 3.05) is 6.61 Å². The van der Waals surface area contributed by atoms with E-state index in [4.69, 9.17) is 9.84 Å². The van der Waals surface area contributed by atoms with Gasteiger partial charge in [0.2, 0.25) is 0 Å². The summed E-state index contributed by atoms with van der Waals surface area (Å²) in [4.78, 5) is 0. The zero-order valence-corrected chi connectivity index (χ0v) is 6.37. The van der Waals surface area contributed by atoms with Gasteiger partial charge in [0.15, 0.2) is 0 Å². The summed E-state index contributed by atoms with van der Waals surface area (Å²) in [6.45, 7) is -0.230. The fourth-order valence-electron chi connectivity index (χ4n) is 1.81. The van der Waals surface area contributed by atoms with Crippen LogP contribution >= 0.6 is 0 Å². The van der Waals surface area contributed by atoms with Gasteiger partial charge in [-0.15, -0.1) is 0 Å². The lowest BCUT2D eigenvalue weighted by Crippen LogP contribution is -2.52. The minimum atomic E-state index is -1.20. The molecular formula is C7H12O5. The van der Waals surface area contributed by atoms with Crippen LogP contribution in [-0.4, -0.2) is 57.6 Å². The summed E-state index contributed by atoms with van der Waals surface area (Å²) in [6, 6.07) is 0. The van der Waals surface area contributed by atoms with Crippen molar-refractivity contribution >= 4 is 0 Å². The standard InChI is InChI=1S/C7H12O5/c8-1-2-3(9)4(10)5(11)7-6(2)12-7/h2-11H,1H2/t2?,3?,4?,5?,6?,7-/m0/s1. The van der Waals surface area contributed by atoms with Gasteiger partial charge in [0.1, 0.15) is 18.3 Å². The average molecular weight is 176 g/mol. The Bertz CT molecular complexity index is 185. The zero-order chi connectivity index (χ0) is 8.88. The highest BCUT2D eigenvalue weighted by Crippen LogP contribution is 2.40. The van der Waals surface area contributed by atoms with E-state index in [-0.39, 0.29) is 12.7 Å². The summed E-state index contributed by atoms with van der Waals surface area (Å²) in [7, 11) is 0. The molecule has 1 aliphatic heterocycles. The van der Waals surface area contributed by atoms with Crippen molar-refractivity contribution in [3.8, 4) is 0 Å². The molecule has 70 valence electrons. The summed E-state index contributed by atoms with van der Waals surface area (Å²) >= 11 is 0. The minimum Gasteiger partial charge on any atom is -0.396 e. The van der Waals surface area contributed by atoms with Gasteiger partial charge in [0, 0.05) is 5.92 Å². The number of epoxide rings is 1. The molecule has 1 saturated heterocycles. The number of ether oxygens (including phenoxy) is 1. The third-order valence-corrected chi connectivity index (χ3v) is 2.67. The van der Waals surface area contributed by atoms with Crippen LogP contribution in [0.4, 0.5) is 0 Å². The first-order valence-electron chi connectivity index (χ1n) is 3.97. The Morgan fingerprint density at radius 1 is 0.917 bits per heavy atom. The van der Waals surface area contributed by atoms with Gasteiger partial charge < -0.3 is 25.2 Å². The van der Waals surface area contributed by atoms with E-state index in [1.165, 1.54) is 0 Å². The predicted octanol–water partition coefficient (Wildman–Crippen LogP) is -2.54. The van der Waals surface area contributed by atoms with Gasteiger partial charge >= 0.3 is 0 Å². The molecule has 2 fully saturated rings. The number of aliphatic hydroxyl groups excluding tert-OH is 4. The van der Waals surface area contributed by atoms with Crippen molar-refractivity contribution in [2.45, 2.75) is 30.5 Å². The lowest BCUT2D eigenvalue weighted by Gasteiger charge is -2.30. The molecule has 5 unspecified atom stereocenters. The third kappa shape index (κ3) is 0.982. The molecule has 0 radical (unpaired) electrons. The van der Waals surface area contributed by atoms with E-state index in [1.54, 1.807) is 0 Å². The fourth-order valence-corrected chi connectivity index (χ4v) is 1.81. The first kappa shape index (κ1) is 8.40. The highest BCUT2D eigenvalue weighted by molar-refractivity contribution is 5.07. The van der Waals surface area contributed by atoms with Crippen LogP contribution < -0.4 is 0 Å². The highest BCUT2D eigenvalue weighted by atomic mass is 16.6. The van der Waals surface area contributed by atoms with E-state index >= 15 is 0 Å². The number of hydrogen-bond donors (Lipinski definition) is 4. The van der Waals surface area contributed by atoms with Crippen LogP contribution in [0.3, 0.4) is 0 Å². The van der Waals surface area contributed by atoms with Crippen molar-refractivity contribution in [3.05, 3.63) is 0 Å². The van der Waals surface area contributed by atoms with Crippen molar-refractivity contribution in [1.82, 2.24) is 0 Å². The van der Waals surface area contributed by atoms with E-state index < -0.39 is 30.3 Å². The van der Waals surface area contributed by atoms with Gasteiger partial charge in [-0.3, -0.25) is 0 Å². The van der Waals surface area contributed by atoms with Gasteiger partial charge in [-0.25, -0.2) is 0 Å². The molecule has 0 aromatic rings. The molecule has 6 atom stereocenters. The largest absolute Gasteiger partial charge is 0.396 e. The number of aliphatic hydroxyl groups is 4. The summed E-state index contributed by atoms with van der Waals surface area (Å²) in [5.74, 6) is -0.464. The van der Waals surface area contributed by atoms with Crippen molar-refractivity contribution in [1.29, 1.82) is 0 Å². The Kier molecular flexibility index (Phi) is 1.85. The molecule has 5 nitrogen and oxygen atoms in total. The van der Waals surface area contributed by atoms with Crippen LogP contribution in [0.5, 0.6) is 0 Å². The van der Waals surface area contributed by atoms with Crippen molar-refractivity contribution in [2.24, 2.45) is 5.92 Å². The third-order valence-electron chi connectivity index (χ3n) is 2.67. The Balaban J connectivity index is 2.11. The van der Waals surface area contributed by atoms with Crippen LogP contribution in [0.15, 0.2) is 0 Å². The topological polar surface area (TPSA) is 93.5 Å². The van der Waals surface area contributed by atoms with E-state index in [0.29, 0.717) is 0 Å². The van der Waals surface area contributed by atoms with Gasteiger partial charge in [0.25, 0.3) is 0 Å². The van der Waals surface area contributed by atoms with Gasteiger partial charge in [-0.1, -0.05) is 0 Å². The van der Waals surface area contributed by atoms with Crippen LogP contribution in [0, 0.1) is 5.92 Å².